The van der Waals surface area contributed by atoms with Crippen LogP contribution in [0.15, 0.2) is 47.6 Å². The molecule has 2 rings (SSSR count). The summed E-state index contributed by atoms with van der Waals surface area (Å²) in [4.78, 5) is 23.7. The molecule has 0 heterocycles. The fourth-order valence-corrected chi connectivity index (χ4v) is 2.13. The van der Waals surface area contributed by atoms with Gasteiger partial charge >= 0.3 is 0 Å². The van der Waals surface area contributed by atoms with Gasteiger partial charge in [-0.3, -0.25) is 9.59 Å². The standard InChI is InChI=1S/C19H19F2N3O2/c1-12(2)10-17(25)23-15-8-6-13(7-9-15)19(26)24-22-11-14-4-3-5-16(20)18(14)21/h3-9,11-12H,10H2,1-2H3,(H,23,25)(H,24,26). The summed E-state index contributed by atoms with van der Waals surface area (Å²) in [5.41, 5.74) is 3.05. The smallest absolute Gasteiger partial charge is 0.271 e. The number of halogens is 2. The van der Waals surface area contributed by atoms with Gasteiger partial charge in [-0.15, -0.1) is 0 Å². The van der Waals surface area contributed by atoms with Crippen molar-refractivity contribution in [1.29, 1.82) is 0 Å². The van der Waals surface area contributed by atoms with Crippen LogP contribution in [0.3, 0.4) is 0 Å². The molecule has 26 heavy (non-hydrogen) atoms. The first kappa shape index (κ1) is 19.2. The first-order valence-electron chi connectivity index (χ1n) is 8.04. The van der Waals surface area contributed by atoms with Gasteiger partial charge in [-0.05, 0) is 36.2 Å². The molecule has 0 atom stereocenters. The fourth-order valence-electron chi connectivity index (χ4n) is 2.13. The third kappa shape index (κ3) is 5.47. The summed E-state index contributed by atoms with van der Waals surface area (Å²) in [5.74, 6) is -2.39. The van der Waals surface area contributed by atoms with E-state index >= 15 is 0 Å². The summed E-state index contributed by atoms with van der Waals surface area (Å²) >= 11 is 0. The Labute approximate surface area is 150 Å². The van der Waals surface area contributed by atoms with Crippen molar-refractivity contribution in [2.24, 2.45) is 11.0 Å². The maximum absolute atomic E-state index is 13.5. The average Bonchev–Trinajstić information content (AvgIpc) is 2.58. The molecule has 5 nitrogen and oxygen atoms in total. The maximum atomic E-state index is 13.5. The molecule has 0 spiro atoms. The summed E-state index contributed by atoms with van der Waals surface area (Å²) in [6.45, 7) is 3.90. The molecule has 0 fully saturated rings. The lowest BCUT2D eigenvalue weighted by atomic mass is 10.1. The topological polar surface area (TPSA) is 70.6 Å². The SMILES string of the molecule is CC(C)CC(=O)Nc1ccc(C(=O)NN=Cc2cccc(F)c2F)cc1. The quantitative estimate of drug-likeness (QED) is 0.610. The van der Waals surface area contributed by atoms with Crippen LogP contribution in [0, 0.1) is 17.6 Å². The number of amides is 2. The number of carbonyl (C=O) groups is 2. The zero-order chi connectivity index (χ0) is 19.1. The summed E-state index contributed by atoms with van der Waals surface area (Å²) in [7, 11) is 0. The van der Waals surface area contributed by atoms with E-state index in [4.69, 9.17) is 0 Å². The molecule has 7 heteroatoms. The zero-order valence-electron chi connectivity index (χ0n) is 14.4. The number of rotatable bonds is 6. The van der Waals surface area contributed by atoms with Crippen LogP contribution >= 0.6 is 0 Å². The zero-order valence-corrected chi connectivity index (χ0v) is 14.4. The number of hydrogen-bond donors (Lipinski definition) is 2. The van der Waals surface area contributed by atoms with Gasteiger partial charge < -0.3 is 5.32 Å². The molecule has 0 unspecified atom stereocenters. The van der Waals surface area contributed by atoms with Gasteiger partial charge in [0, 0.05) is 23.2 Å². The van der Waals surface area contributed by atoms with Crippen molar-refractivity contribution in [2.75, 3.05) is 5.32 Å². The van der Waals surface area contributed by atoms with E-state index < -0.39 is 17.5 Å². The van der Waals surface area contributed by atoms with Crippen molar-refractivity contribution in [3.8, 4) is 0 Å². The van der Waals surface area contributed by atoms with Crippen molar-refractivity contribution in [2.45, 2.75) is 20.3 Å². The average molecular weight is 359 g/mol. The Morgan fingerprint density at radius 1 is 1.12 bits per heavy atom. The van der Waals surface area contributed by atoms with Gasteiger partial charge in [-0.25, -0.2) is 14.2 Å². The number of carbonyl (C=O) groups excluding carboxylic acids is 2. The summed E-state index contributed by atoms with van der Waals surface area (Å²) < 4.78 is 26.5. The van der Waals surface area contributed by atoms with E-state index in [9.17, 15) is 18.4 Å². The van der Waals surface area contributed by atoms with Gasteiger partial charge in [0.05, 0.1) is 6.21 Å². The van der Waals surface area contributed by atoms with E-state index in [1.165, 1.54) is 24.3 Å². The van der Waals surface area contributed by atoms with Gasteiger partial charge in [-0.2, -0.15) is 5.10 Å². The molecule has 0 radical (unpaired) electrons. The molecule has 0 saturated carbocycles. The lowest BCUT2D eigenvalue weighted by molar-refractivity contribution is -0.116. The minimum absolute atomic E-state index is 0.0755. The van der Waals surface area contributed by atoms with Crippen LogP contribution in [-0.4, -0.2) is 18.0 Å². The molecule has 0 bridgehead atoms. The van der Waals surface area contributed by atoms with E-state index in [0.717, 1.165) is 12.3 Å². The highest BCUT2D eigenvalue weighted by Gasteiger charge is 2.08. The van der Waals surface area contributed by atoms with Crippen LogP contribution in [0.5, 0.6) is 0 Å². The van der Waals surface area contributed by atoms with Gasteiger partial charge in [0.1, 0.15) is 0 Å². The minimum Gasteiger partial charge on any atom is -0.326 e. The highest BCUT2D eigenvalue weighted by Crippen LogP contribution is 2.12. The predicted molar refractivity (Wildman–Crippen MR) is 95.9 cm³/mol. The molecule has 0 aliphatic carbocycles. The number of benzene rings is 2. The molecule has 2 aromatic rings. The van der Waals surface area contributed by atoms with Gasteiger partial charge in [0.25, 0.3) is 5.91 Å². The Bertz CT molecular complexity index is 818. The first-order chi connectivity index (χ1) is 12.4. The van der Waals surface area contributed by atoms with Crippen LogP contribution in [0.2, 0.25) is 0 Å². The van der Waals surface area contributed by atoms with E-state index in [0.29, 0.717) is 17.7 Å². The molecular formula is C19H19F2N3O2. The van der Waals surface area contributed by atoms with Crippen LogP contribution in [0.25, 0.3) is 0 Å². The van der Waals surface area contributed by atoms with Crippen molar-refractivity contribution >= 4 is 23.7 Å². The summed E-state index contributed by atoms with van der Waals surface area (Å²) in [6, 6.07) is 9.92. The molecule has 2 aromatic carbocycles. The lowest BCUT2D eigenvalue weighted by Gasteiger charge is -2.07. The largest absolute Gasteiger partial charge is 0.326 e. The van der Waals surface area contributed by atoms with E-state index in [-0.39, 0.29) is 17.4 Å². The fraction of sp³-hybridized carbons (Fsp3) is 0.211. The van der Waals surface area contributed by atoms with Crippen LogP contribution < -0.4 is 10.7 Å². The van der Waals surface area contributed by atoms with Crippen molar-refractivity contribution in [1.82, 2.24) is 5.43 Å². The van der Waals surface area contributed by atoms with E-state index in [1.54, 1.807) is 12.1 Å². The number of nitrogens with one attached hydrogen (secondary N) is 2. The van der Waals surface area contributed by atoms with E-state index in [2.05, 4.69) is 15.8 Å². The molecule has 2 amide bonds. The van der Waals surface area contributed by atoms with Crippen LogP contribution in [-0.2, 0) is 4.79 Å². The number of hydrazone groups is 1. The molecule has 0 aliphatic rings. The molecule has 136 valence electrons. The van der Waals surface area contributed by atoms with Crippen molar-refractivity contribution in [3.05, 3.63) is 65.2 Å². The second-order valence-corrected chi connectivity index (χ2v) is 6.07. The molecule has 0 saturated heterocycles. The Kier molecular flexibility index (Phi) is 6.54. The monoisotopic (exact) mass is 359 g/mol. The van der Waals surface area contributed by atoms with E-state index in [1.807, 2.05) is 13.8 Å². The van der Waals surface area contributed by atoms with Crippen molar-refractivity contribution in [3.63, 3.8) is 0 Å². The Balaban J connectivity index is 1.94. The minimum atomic E-state index is -1.04. The summed E-state index contributed by atoms with van der Waals surface area (Å²) in [6.07, 6.45) is 1.43. The van der Waals surface area contributed by atoms with Gasteiger partial charge in [0.2, 0.25) is 5.91 Å². The number of anilines is 1. The molecule has 0 aliphatic heterocycles. The maximum Gasteiger partial charge on any atom is 0.271 e. The third-order valence-electron chi connectivity index (χ3n) is 3.38. The van der Waals surface area contributed by atoms with Crippen molar-refractivity contribution < 1.29 is 18.4 Å². The van der Waals surface area contributed by atoms with Gasteiger partial charge in [-0.1, -0.05) is 26.0 Å². The Morgan fingerprint density at radius 3 is 2.46 bits per heavy atom. The highest BCUT2D eigenvalue weighted by molar-refractivity contribution is 5.96. The first-order valence-corrected chi connectivity index (χ1v) is 8.04. The van der Waals surface area contributed by atoms with Crippen LogP contribution in [0.4, 0.5) is 14.5 Å². The predicted octanol–water partition coefficient (Wildman–Crippen LogP) is 3.71. The lowest BCUT2D eigenvalue weighted by Crippen LogP contribution is -2.18. The van der Waals surface area contributed by atoms with Gasteiger partial charge in [0.15, 0.2) is 11.6 Å². The molecule has 2 N–H and O–H groups in total. The molecular weight excluding hydrogens is 340 g/mol. The highest BCUT2D eigenvalue weighted by atomic mass is 19.2. The number of nitrogens with zero attached hydrogens (tertiary/aromatic N) is 1. The summed E-state index contributed by atoms with van der Waals surface area (Å²) in [5, 5.41) is 6.36. The normalized spacial score (nSPS) is 11.0. The Morgan fingerprint density at radius 2 is 1.81 bits per heavy atom. The third-order valence-corrected chi connectivity index (χ3v) is 3.38. The second kappa shape index (κ2) is 8.84. The Hall–Kier alpha value is -3.09. The second-order valence-electron chi connectivity index (χ2n) is 6.07. The number of hydrogen-bond acceptors (Lipinski definition) is 3. The molecule has 0 aromatic heterocycles. The van der Waals surface area contributed by atoms with Crippen LogP contribution in [0.1, 0.15) is 36.2 Å².